The number of ether oxygens (including phenoxy) is 3. The van der Waals surface area contributed by atoms with Crippen molar-refractivity contribution in [2.75, 3.05) is 6.54 Å². The van der Waals surface area contributed by atoms with Crippen LogP contribution in [-0.2, 0) is 14.2 Å². The molecule has 10 heteroatoms. The third-order valence-corrected chi connectivity index (χ3v) is 2.96. The van der Waals surface area contributed by atoms with Crippen LogP contribution in [0.3, 0.4) is 0 Å². The minimum Gasteiger partial charge on any atom is -0.387 e. The topological polar surface area (TPSA) is 145 Å². The van der Waals surface area contributed by atoms with Gasteiger partial charge in [0, 0.05) is 16.4 Å². The molecule has 0 amide bonds. The van der Waals surface area contributed by atoms with E-state index in [9.17, 15) is 5.11 Å². The number of azide groups is 2. The third-order valence-electron chi connectivity index (χ3n) is 2.96. The molecule has 0 aromatic rings. The Morgan fingerprint density at radius 2 is 2.05 bits per heavy atom. The Morgan fingerprint density at radius 1 is 1.32 bits per heavy atom. The first-order valence-corrected chi connectivity index (χ1v) is 5.73. The van der Waals surface area contributed by atoms with Crippen molar-refractivity contribution in [2.45, 2.75) is 50.3 Å². The molecule has 2 saturated heterocycles. The monoisotopic (exact) mass is 270 g/mol. The van der Waals surface area contributed by atoms with Gasteiger partial charge >= 0.3 is 0 Å². The summed E-state index contributed by atoms with van der Waals surface area (Å²) in [6, 6.07) is -0.809. The number of rotatable bonds is 4. The second kappa shape index (κ2) is 5.22. The molecule has 0 unspecified atom stereocenters. The van der Waals surface area contributed by atoms with Crippen LogP contribution in [0.15, 0.2) is 10.2 Å². The normalized spacial score (nSPS) is 37.0. The summed E-state index contributed by atoms with van der Waals surface area (Å²) < 4.78 is 16.5. The Labute approximate surface area is 108 Å². The SMILES string of the molecule is CC1(C)O[C@H]2O[C@H]([C@H](CN=[N+]=[N-])N=[N+]=[N-])[C@H](O)[C@H]2O1. The van der Waals surface area contributed by atoms with Gasteiger partial charge in [-0.25, -0.2) is 0 Å². The fourth-order valence-electron chi connectivity index (χ4n) is 2.23. The lowest BCUT2D eigenvalue weighted by molar-refractivity contribution is -0.216. The molecule has 0 saturated carbocycles. The van der Waals surface area contributed by atoms with Gasteiger partial charge in [0.25, 0.3) is 0 Å². The first kappa shape index (κ1) is 13.9. The van der Waals surface area contributed by atoms with E-state index in [-0.39, 0.29) is 6.54 Å². The van der Waals surface area contributed by atoms with E-state index >= 15 is 0 Å². The van der Waals surface area contributed by atoms with Crippen LogP contribution in [0.25, 0.3) is 20.9 Å². The van der Waals surface area contributed by atoms with Gasteiger partial charge in [0.2, 0.25) is 0 Å². The quantitative estimate of drug-likeness (QED) is 0.464. The number of aliphatic hydroxyl groups is 1. The Bertz CT molecular complexity index is 444. The fourth-order valence-corrected chi connectivity index (χ4v) is 2.23. The minimum absolute atomic E-state index is 0.106. The molecule has 2 fully saturated rings. The van der Waals surface area contributed by atoms with E-state index in [0.717, 1.165) is 0 Å². The molecule has 10 nitrogen and oxygen atoms in total. The van der Waals surface area contributed by atoms with Crippen molar-refractivity contribution in [2.24, 2.45) is 10.2 Å². The van der Waals surface area contributed by atoms with Crippen molar-refractivity contribution in [3.63, 3.8) is 0 Å². The Hall–Kier alpha value is -1.54. The third kappa shape index (κ3) is 2.74. The predicted molar refractivity (Wildman–Crippen MR) is 61.7 cm³/mol. The molecule has 2 rings (SSSR count). The summed E-state index contributed by atoms with van der Waals surface area (Å²) in [5.41, 5.74) is 16.8. The highest BCUT2D eigenvalue weighted by atomic mass is 16.8. The van der Waals surface area contributed by atoms with Crippen LogP contribution >= 0.6 is 0 Å². The van der Waals surface area contributed by atoms with Crippen LogP contribution in [0.5, 0.6) is 0 Å². The van der Waals surface area contributed by atoms with E-state index in [1.54, 1.807) is 13.8 Å². The standard InChI is InChI=1S/C9H14N6O4/c1-9(2)18-7-5(16)6(17-8(7)19-9)4(13-15-11)3-12-14-10/h4-8,16H,3H2,1-2H3/t4-,5-,6+,7+,8+/m0/s1. The van der Waals surface area contributed by atoms with E-state index in [0.29, 0.717) is 0 Å². The van der Waals surface area contributed by atoms with Gasteiger partial charge in [-0.3, -0.25) is 0 Å². The van der Waals surface area contributed by atoms with Crippen molar-refractivity contribution in [1.82, 2.24) is 0 Å². The van der Waals surface area contributed by atoms with E-state index < -0.39 is 36.4 Å². The summed E-state index contributed by atoms with van der Waals surface area (Å²) in [5, 5.41) is 17.0. The molecule has 0 radical (unpaired) electrons. The van der Waals surface area contributed by atoms with Gasteiger partial charge in [0.05, 0.1) is 12.1 Å². The smallest absolute Gasteiger partial charge is 0.190 e. The summed E-state index contributed by atoms with van der Waals surface area (Å²) in [4.78, 5) is 5.25. The number of aliphatic hydroxyl groups excluding tert-OH is 1. The van der Waals surface area contributed by atoms with E-state index in [1.165, 1.54) is 0 Å². The molecule has 2 heterocycles. The highest BCUT2D eigenvalue weighted by Crippen LogP contribution is 2.38. The van der Waals surface area contributed by atoms with Gasteiger partial charge in [-0.1, -0.05) is 10.2 Å². The average Bonchev–Trinajstić information content (AvgIpc) is 2.79. The molecule has 0 aromatic heterocycles. The van der Waals surface area contributed by atoms with Crippen molar-refractivity contribution in [3.8, 4) is 0 Å². The van der Waals surface area contributed by atoms with Gasteiger partial charge in [0.1, 0.15) is 12.2 Å². The van der Waals surface area contributed by atoms with Crippen molar-refractivity contribution in [3.05, 3.63) is 20.9 Å². The zero-order chi connectivity index (χ0) is 14.0. The van der Waals surface area contributed by atoms with Crippen molar-refractivity contribution < 1.29 is 19.3 Å². The van der Waals surface area contributed by atoms with E-state index in [1.807, 2.05) is 0 Å². The number of fused-ring (bicyclic) bond motifs is 1. The first-order valence-electron chi connectivity index (χ1n) is 5.73. The van der Waals surface area contributed by atoms with Gasteiger partial charge in [-0.2, -0.15) is 0 Å². The van der Waals surface area contributed by atoms with Gasteiger partial charge in [0.15, 0.2) is 12.1 Å². The summed E-state index contributed by atoms with van der Waals surface area (Å²) in [6.07, 6.45) is -3.22. The largest absolute Gasteiger partial charge is 0.387 e. The molecule has 2 aliphatic heterocycles. The average molecular weight is 270 g/mol. The molecule has 19 heavy (non-hydrogen) atoms. The van der Waals surface area contributed by atoms with E-state index in [4.69, 9.17) is 25.3 Å². The van der Waals surface area contributed by atoms with Crippen LogP contribution in [0.2, 0.25) is 0 Å². The number of nitrogens with zero attached hydrogens (tertiary/aromatic N) is 6. The molecule has 2 aliphatic rings. The lowest BCUT2D eigenvalue weighted by Crippen LogP contribution is -2.41. The van der Waals surface area contributed by atoms with Gasteiger partial charge in [-0.15, -0.1) is 0 Å². The van der Waals surface area contributed by atoms with Crippen molar-refractivity contribution >= 4 is 0 Å². The molecule has 0 aliphatic carbocycles. The molecule has 104 valence electrons. The first-order chi connectivity index (χ1) is 8.98. The molecule has 1 N–H and O–H groups in total. The van der Waals surface area contributed by atoms with E-state index in [2.05, 4.69) is 20.1 Å². The fraction of sp³-hybridized carbons (Fsp3) is 1.00. The number of hydrogen-bond donors (Lipinski definition) is 1. The lowest BCUT2D eigenvalue weighted by Gasteiger charge is -2.25. The van der Waals surface area contributed by atoms with Gasteiger partial charge < -0.3 is 19.3 Å². The maximum Gasteiger partial charge on any atom is 0.190 e. The molecule has 0 spiro atoms. The molecular weight excluding hydrogens is 256 g/mol. The number of hydrogen-bond acceptors (Lipinski definition) is 6. The summed E-state index contributed by atoms with van der Waals surface area (Å²) >= 11 is 0. The predicted octanol–water partition coefficient (Wildman–Crippen LogP) is 1.21. The maximum atomic E-state index is 10.1. The highest BCUT2D eigenvalue weighted by molar-refractivity contribution is 4.98. The zero-order valence-corrected chi connectivity index (χ0v) is 10.4. The maximum absolute atomic E-state index is 10.1. The van der Waals surface area contributed by atoms with Crippen LogP contribution in [-0.4, -0.2) is 48.1 Å². The molecule has 0 bridgehead atoms. The highest BCUT2D eigenvalue weighted by Gasteiger charge is 2.55. The van der Waals surface area contributed by atoms with Crippen LogP contribution in [0.1, 0.15) is 13.8 Å². The zero-order valence-electron chi connectivity index (χ0n) is 10.4. The Morgan fingerprint density at radius 3 is 2.63 bits per heavy atom. The molecule has 5 atom stereocenters. The Balaban J connectivity index is 2.10. The molecular formula is C9H14N6O4. The van der Waals surface area contributed by atoms with Crippen molar-refractivity contribution in [1.29, 1.82) is 0 Å². The van der Waals surface area contributed by atoms with Crippen LogP contribution in [0.4, 0.5) is 0 Å². The van der Waals surface area contributed by atoms with Crippen LogP contribution < -0.4 is 0 Å². The molecule has 0 aromatic carbocycles. The lowest BCUT2D eigenvalue weighted by atomic mass is 10.0. The van der Waals surface area contributed by atoms with Gasteiger partial charge in [-0.05, 0) is 24.9 Å². The second-order valence-corrected chi connectivity index (χ2v) is 4.75. The van der Waals surface area contributed by atoms with Crippen LogP contribution in [0, 0.1) is 0 Å². The summed E-state index contributed by atoms with van der Waals surface area (Å²) in [5.74, 6) is -0.833. The minimum atomic E-state index is -1.02. The Kier molecular flexibility index (Phi) is 3.81. The second-order valence-electron chi connectivity index (χ2n) is 4.75. The summed E-state index contributed by atoms with van der Waals surface area (Å²) in [6.45, 7) is 3.31. The summed E-state index contributed by atoms with van der Waals surface area (Å²) in [7, 11) is 0.